The number of rotatable bonds is 6. The monoisotopic (exact) mass is 323 g/mol. The largest absolute Gasteiger partial charge is 0.353 e. The van der Waals surface area contributed by atoms with Gasteiger partial charge in [0, 0.05) is 5.69 Å². The summed E-state index contributed by atoms with van der Waals surface area (Å²) in [6, 6.07) is 11.0. The van der Waals surface area contributed by atoms with Crippen molar-refractivity contribution in [2.45, 2.75) is 6.92 Å². The number of aryl methyl sites for hydroxylation is 1. The quantitative estimate of drug-likeness (QED) is 0.486. The van der Waals surface area contributed by atoms with Gasteiger partial charge in [-0.25, -0.2) is 9.97 Å². The number of nitriles is 2. The van der Waals surface area contributed by atoms with Gasteiger partial charge in [-0.15, -0.1) is 0 Å². The summed E-state index contributed by atoms with van der Waals surface area (Å²) >= 11 is 0. The van der Waals surface area contributed by atoms with Crippen LogP contribution in [0.25, 0.3) is 0 Å². The van der Waals surface area contributed by atoms with Crippen LogP contribution in [-0.4, -0.2) is 28.0 Å². The Morgan fingerprint density at radius 2 is 2.00 bits per heavy atom. The fourth-order valence-corrected chi connectivity index (χ4v) is 2.10. The molecule has 2 aromatic rings. The van der Waals surface area contributed by atoms with Gasteiger partial charge in [-0.05, 0) is 24.6 Å². The fourth-order valence-electron chi connectivity index (χ4n) is 2.10. The Labute approximate surface area is 138 Å². The molecule has 9 nitrogen and oxygen atoms in total. The van der Waals surface area contributed by atoms with E-state index in [1.165, 1.54) is 4.90 Å². The van der Waals surface area contributed by atoms with Gasteiger partial charge < -0.3 is 10.2 Å². The first kappa shape index (κ1) is 16.6. The molecule has 0 fully saturated rings. The summed E-state index contributed by atoms with van der Waals surface area (Å²) < 4.78 is 0. The fraction of sp³-hybridized carbons (Fsp3) is 0.200. The van der Waals surface area contributed by atoms with Crippen molar-refractivity contribution in [3.63, 3.8) is 0 Å². The third-order valence-corrected chi connectivity index (χ3v) is 3.09. The number of aromatic nitrogens is 2. The van der Waals surface area contributed by atoms with E-state index < -0.39 is 4.92 Å². The van der Waals surface area contributed by atoms with Crippen LogP contribution in [0.2, 0.25) is 0 Å². The molecule has 0 bridgehead atoms. The average molecular weight is 323 g/mol. The molecule has 2 rings (SSSR count). The van der Waals surface area contributed by atoms with E-state index in [-0.39, 0.29) is 30.4 Å². The van der Waals surface area contributed by atoms with Crippen LogP contribution in [-0.2, 0) is 0 Å². The van der Waals surface area contributed by atoms with E-state index in [2.05, 4.69) is 15.3 Å². The minimum absolute atomic E-state index is 0.00326. The molecule has 0 spiro atoms. The molecule has 1 N–H and O–H groups in total. The molecule has 0 aliphatic carbocycles. The van der Waals surface area contributed by atoms with Gasteiger partial charge in [0.05, 0.1) is 17.1 Å². The lowest BCUT2D eigenvalue weighted by atomic mass is 10.2. The number of hydrogen-bond donors (Lipinski definition) is 1. The maximum absolute atomic E-state index is 11.5. The first-order valence-corrected chi connectivity index (χ1v) is 6.88. The Kier molecular flexibility index (Phi) is 5.21. The number of hydrogen-bond acceptors (Lipinski definition) is 8. The number of nitrogens with one attached hydrogen (secondary N) is 1. The van der Waals surface area contributed by atoms with Crippen LogP contribution in [0.1, 0.15) is 5.56 Å². The number of nitro groups is 1. The molecular weight excluding hydrogens is 310 g/mol. The highest BCUT2D eigenvalue weighted by molar-refractivity contribution is 5.74. The van der Waals surface area contributed by atoms with Gasteiger partial charge in [-0.2, -0.15) is 10.5 Å². The molecule has 0 radical (unpaired) electrons. The van der Waals surface area contributed by atoms with Crippen LogP contribution in [0.3, 0.4) is 0 Å². The molecule has 0 saturated heterocycles. The van der Waals surface area contributed by atoms with Crippen LogP contribution in [0, 0.1) is 39.7 Å². The van der Waals surface area contributed by atoms with E-state index in [1.807, 2.05) is 37.3 Å². The molecule has 0 aliphatic rings. The third-order valence-electron chi connectivity index (χ3n) is 3.09. The van der Waals surface area contributed by atoms with Gasteiger partial charge in [0.25, 0.3) is 0 Å². The lowest BCUT2D eigenvalue weighted by Gasteiger charge is -2.17. The van der Waals surface area contributed by atoms with Crippen molar-refractivity contribution in [3.05, 3.63) is 46.3 Å². The van der Waals surface area contributed by atoms with Gasteiger partial charge in [0.2, 0.25) is 11.6 Å². The van der Waals surface area contributed by atoms with Crippen LogP contribution in [0.15, 0.2) is 30.6 Å². The highest BCUT2D eigenvalue weighted by atomic mass is 16.6. The molecule has 0 unspecified atom stereocenters. The topological polar surface area (TPSA) is 132 Å². The predicted octanol–water partition coefficient (Wildman–Crippen LogP) is 2.29. The summed E-state index contributed by atoms with van der Waals surface area (Å²) in [5.41, 5.74) is 1.23. The van der Waals surface area contributed by atoms with E-state index in [0.717, 1.165) is 11.9 Å². The van der Waals surface area contributed by atoms with Gasteiger partial charge in [0.15, 0.2) is 0 Å². The lowest BCUT2D eigenvalue weighted by Crippen LogP contribution is -2.26. The van der Waals surface area contributed by atoms with Crippen molar-refractivity contribution < 1.29 is 4.92 Å². The Bertz CT molecular complexity index is 822. The number of benzene rings is 1. The molecule has 120 valence electrons. The normalized spacial score (nSPS) is 9.62. The Balaban J connectivity index is 2.49. The molecule has 0 saturated carbocycles. The summed E-state index contributed by atoms with van der Waals surface area (Å²) in [4.78, 5) is 19.9. The van der Waals surface area contributed by atoms with E-state index in [1.54, 1.807) is 6.07 Å². The molecule has 9 heteroatoms. The SMILES string of the molecule is Cc1cccc(Nc2ncnc(N(CC#N)CC#N)c2[N+](=O)[O-])c1. The molecule has 0 aliphatic heterocycles. The molecule has 24 heavy (non-hydrogen) atoms. The standard InChI is InChI=1S/C15H13N7O2/c1-11-3-2-4-12(9-11)20-14-13(22(23)24)15(19-10-18-14)21(7-5-16)8-6-17/h2-4,9-10H,7-8H2,1H3,(H,18,19,20). The second-order valence-corrected chi connectivity index (χ2v) is 4.82. The minimum Gasteiger partial charge on any atom is -0.334 e. The first-order valence-electron chi connectivity index (χ1n) is 6.88. The smallest absolute Gasteiger partial charge is 0.334 e. The molecule has 1 aromatic heterocycles. The minimum atomic E-state index is -0.630. The summed E-state index contributed by atoms with van der Waals surface area (Å²) in [6.45, 7) is 1.50. The van der Waals surface area contributed by atoms with Crippen molar-refractivity contribution in [2.24, 2.45) is 0 Å². The summed E-state index contributed by atoms with van der Waals surface area (Å²) in [5.74, 6) is -0.0790. The summed E-state index contributed by atoms with van der Waals surface area (Å²) in [6.07, 6.45) is 1.15. The second kappa shape index (κ2) is 7.51. The maximum Gasteiger partial charge on any atom is 0.353 e. The van der Waals surface area contributed by atoms with E-state index in [0.29, 0.717) is 5.69 Å². The number of anilines is 3. The van der Waals surface area contributed by atoms with Crippen molar-refractivity contribution in [1.29, 1.82) is 10.5 Å². The van der Waals surface area contributed by atoms with Crippen LogP contribution in [0.5, 0.6) is 0 Å². The average Bonchev–Trinajstić information content (AvgIpc) is 2.54. The van der Waals surface area contributed by atoms with Crippen LogP contribution >= 0.6 is 0 Å². The summed E-state index contributed by atoms with van der Waals surface area (Å²) in [5, 5.41) is 32.1. The zero-order chi connectivity index (χ0) is 17.5. The van der Waals surface area contributed by atoms with Gasteiger partial charge in [0.1, 0.15) is 19.4 Å². The number of nitrogens with zero attached hydrogens (tertiary/aromatic N) is 6. The van der Waals surface area contributed by atoms with Crippen molar-refractivity contribution in [3.8, 4) is 12.1 Å². The Morgan fingerprint density at radius 1 is 1.29 bits per heavy atom. The van der Waals surface area contributed by atoms with Crippen LogP contribution < -0.4 is 10.2 Å². The highest BCUT2D eigenvalue weighted by Crippen LogP contribution is 2.33. The molecule has 0 amide bonds. The van der Waals surface area contributed by atoms with Gasteiger partial charge in [-0.3, -0.25) is 10.1 Å². The summed E-state index contributed by atoms with van der Waals surface area (Å²) in [7, 11) is 0. The van der Waals surface area contributed by atoms with Gasteiger partial charge >= 0.3 is 5.69 Å². The van der Waals surface area contributed by atoms with Crippen molar-refractivity contribution >= 4 is 23.0 Å². The second-order valence-electron chi connectivity index (χ2n) is 4.82. The molecule has 0 atom stereocenters. The molecule has 1 aromatic carbocycles. The van der Waals surface area contributed by atoms with Crippen molar-refractivity contribution in [1.82, 2.24) is 9.97 Å². The Morgan fingerprint density at radius 3 is 2.58 bits per heavy atom. The van der Waals surface area contributed by atoms with E-state index in [4.69, 9.17) is 10.5 Å². The third kappa shape index (κ3) is 3.72. The van der Waals surface area contributed by atoms with E-state index >= 15 is 0 Å². The Hall–Kier alpha value is -3.72. The molecular formula is C15H13N7O2. The zero-order valence-electron chi connectivity index (χ0n) is 12.8. The highest BCUT2D eigenvalue weighted by Gasteiger charge is 2.27. The zero-order valence-corrected chi connectivity index (χ0v) is 12.8. The lowest BCUT2D eigenvalue weighted by molar-refractivity contribution is -0.383. The molecule has 1 heterocycles. The van der Waals surface area contributed by atoms with Gasteiger partial charge in [-0.1, -0.05) is 12.1 Å². The first-order chi connectivity index (χ1) is 11.6. The van der Waals surface area contributed by atoms with E-state index in [9.17, 15) is 10.1 Å². The predicted molar refractivity (Wildman–Crippen MR) is 86.6 cm³/mol. The van der Waals surface area contributed by atoms with Crippen molar-refractivity contribution in [2.75, 3.05) is 23.3 Å². The maximum atomic E-state index is 11.5. The van der Waals surface area contributed by atoms with Crippen LogP contribution in [0.4, 0.5) is 23.0 Å².